The molecule has 0 saturated carbocycles. The number of aliphatic hydroxyl groups excluding tert-OH is 20. The van der Waals surface area contributed by atoms with Gasteiger partial charge in [0.15, 0.2) is 44.0 Å². The second-order valence-corrected chi connectivity index (χ2v) is 20.1. The largest absolute Gasteiger partial charge is 0.394 e. The summed E-state index contributed by atoms with van der Waals surface area (Å²) < 4.78 is 86.2. The van der Waals surface area contributed by atoms with Crippen molar-refractivity contribution in [2.24, 2.45) is 0 Å². The van der Waals surface area contributed by atoms with Crippen molar-refractivity contribution >= 4 is 0 Å². The third-order valence-electron chi connectivity index (χ3n) is 15.1. The summed E-state index contributed by atoms with van der Waals surface area (Å²) in [5.74, 6) is 2.16. The van der Waals surface area contributed by atoms with Crippen LogP contribution in [0.5, 0.6) is 0 Å². The summed E-state index contributed by atoms with van der Waals surface area (Å²) in [6.45, 7) is -7.87. The van der Waals surface area contributed by atoms with Gasteiger partial charge in [-0.3, -0.25) is 0 Å². The van der Waals surface area contributed by atoms with Crippen molar-refractivity contribution in [2.45, 2.75) is 215 Å². The SMILES string of the molecule is C#CCO[C@H]1[C@H]2O[C@H]3[C@H](O)[C@@H](O)[C@@H](O[C@H]4[C@H](O)[C@@H](O)[C@@H](O[C@H]5[C@H](O)[C@@H](O)[C@@H](O[C@H]6[C@H](O)[C@@H](O)[C@@H](O[C@H]7[C@H](O)[C@@H](O)[C@@H](O[C@H]8[C@H](O)[C@@H](O)[C@@H](O[C@@H]([C@H]1O)[C@@H](CO)O2)O[C@@H]8CO)O[C@@H]7CO)O[C@@H]6CO)O[C@@H]5CO)O[C@@H]4CO)O[C@@H]3CO. The normalized spacial score (nSPS) is 53.6. The van der Waals surface area contributed by atoms with Gasteiger partial charge in [0.25, 0.3) is 0 Å². The Bertz CT molecular complexity index is 1950. The molecule has 15 saturated heterocycles. The first-order chi connectivity index (χ1) is 38.2. The maximum Gasteiger partial charge on any atom is 0.187 e. The van der Waals surface area contributed by atoms with Crippen LogP contribution in [0.25, 0.3) is 0 Å². The quantitative estimate of drug-likeness (QED) is 0.0953. The number of terminal acetylenes is 1. The smallest absolute Gasteiger partial charge is 0.187 e. The Morgan fingerprint density at radius 3 is 0.613 bits per heavy atom. The van der Waals surface area contributed by atoms with E-state index in [2.05, 4.69) is 5.92 Å². The molecular weight excluding hydrogens is 1100 g/mol. The van der Waals surface area contributed by atoms with E-state index in [0.29, 0.717) is 0 Å². The molecule has 35 heteroatoms. The van der Waals surface area contributed by atoms with Gasteiger partial charge in [0.05, 0.1) is 46.2 Å². The monoisotopic (exact) mass is 1170 g/mol. The molecule has 14 bridgehead atoms. The van der Waals surface area contributed by atoms with E-state index in [9.17, 15) is 102 Å². The Morgan fingerprint density at radius 2 is 0.425 bits per heavy atom. The van der Waals surface area contributed by atoms with Crippen molar-refractivity contribution in [2.75, 3.05) is 52.9 Å². The van der Waals surface area contributed by atoms with Crippen LogP contribution < -0.4 is 0 Å². The predicted molar refractivity (Wildman–Crippen MR) is 241 cm³/mol. The second kappa shape index (κ2) is 27.7. The first-order valence-corrected chi connectivity index (χ1v) is 25.5. The topological polar surface area (TPSA) is 543 Å². The van der Waals surface area contributed by atoms with Crippen molar-refractivity contribution in [3.8, 4) is 12.3 Å². The van der Waals surface area contributed by atoms with E-state index < -0.39 is 268 Å². The third-order valence-corrected chi connectivity index (χ3v) is 15.1. The molecule has 0 aromatic carbocycles. The van der Waals surface area contributed by atoms with Crippen LogP contribution in [0.4, 0.5) is 0 Å². The van der Waals surface area contributed by atoms with Gasteiger partial charge in [-0.2, -0.15) is 0 Å². The molecule has 15 heterocycles. The molecule has 462 valence electrons. The number of aliphatic hydroxyl groups is 20. The van der Waals surface area contributed by atoms with Gasteiger partial charge in [-0.15, -0.1) is 6.42 Å². The van der Waals surface area contributed by atoms with E-state index in [-0.39, 0.29) is 0 Å². The third kappa shape index (κ3) is 12.7. The van der Waals surface area contributed by atoms with Crippen molar-refractivity contribution in [3.63, 3.8) is 0 Å². The Balaban J connectivity index is 1.10. The van der Waals surface area contributed by atoms with Crippen molar-refractivity contribution < 1.29 is 173 Å². The van der Waals surface area contributed by atoms with Gasteiger partial charge < -0.3 is 173 Å². The van der Waals surface area contributed by atoms with E-state index in [1.807, 2.05) is 0 Å². The van der Waals surface area contributed by atoms with Crippen LogP contribution in [0.2, 0.25) is 0 Å². The number of fused-ring (bicyclic) bond motifs is 7. The van der Waals surface area contributed by atoms with Crippen molar-refractivity contribution in [1.82, 2.24) is 0 Å². The minimum atomic E-state index is -2.21. The van der Waals surface area contributed by atoms with E-state index in [1.54, 1.807) is 0 Å². The Kier molecular flexibility index (Phi) is 22.2. The lowest BCUT2D eigenvalue weighted by atomic mass is 9.95. The zero-order valence-electron chi connectivity index (χ0n) is 42.0. The highest BCUT2D eigenvalue weighted by Crippen LogP contribution is 2.39. The molecule has 0 radical (unpaired) electrons. The molecule has 15 rings (SSSR count). The minimum absolute atomic E-state index is 0.582. The Morgan fingerprint density at radius 1 is 0.250 bits per heavy atom. The maximum absolute atomic E-state index is 11.8. The van der Waals surface area contributed by atoms with E-state index in [4.69, 9.17) is 77.5 Å². The average molecular weight is 1170 g/mol. The molecule has 0 aromatic rings. The Labute approximate surface area is 452 Å². The van der Waals surface area contributed by atoms with Crippen molar-refractivity contribution in [3.05, 3.63) is 0 Å². The molecule has 15 aliphatic rings. The van der Waals surface area contributed by atoms with E-state index in [0.717, 1.165) is 0 Å². The number of hydrogen-bond donors (Lipinski definition) is 20. The molecule has 20 N–H and O–H groups in total. The fourth-order valence-electron chi connectivity index (χ4n) is 10.7. The van der Waals surface area contributed by atoms with E-state index in [1.165, 1.54) is 0 Å². The maximum atomic E-state index is 11.8. The van der Waals surface area contributed by atoms with Crippen molar-refractivity contribution in [1.29, 1.82) is 0 Å². The molecule has 0 spiro atoms. The van der Waals surface area contributed by atoms with Crippen LogP contribution in [0.3, 0.4) is 0 Å². The minimum Gasteiger partial charge on any atom is -0.394 e. The van der Waals surface area contributed by atoms with Crippen LogP contribution in [-0.2, 0) is 71.1 Å². The summed E-state index contributed by atoms with van der Waals surface area (Å²) in [5, 5.41) is 221. The first kappa shape index (κ1) is 64.2. The van der Waals surface area contributed by atoms with Crippen LogP contribution in [-0.4, -0.2) is 370 Å². The van der Waals surface area contributed by atoms with Gasteiger partial charge in [0, 0.05) is 0 Å². The lowest BCUT2D eigenvalue weighted by molar-refractivity contribution is -0.398. The van der Waals surface area contributed by atoms with Gasteiger partial charge in [-0.25, -0.2) is 0 Å². The van der Waals surface area contributed by atoms with Gasteiger partial charge in [-0.1, -0.05) is 5.92 Å². The summed E-state index contributed by atoms with van der Waals surface area (Å²) in [6, 6.07) is 0. The highest BCUT2D eigenvalue weighted by molar-refractivity contribution is 5.02. The summed E-state index contributed by atoms with van der Waals surface area (Å²) in [5.41, 5.74) is 0. The molecule has 35 atom stereocenters. The van der Waals surface area contributed by atoms with E-state index >= 15 is 0 Å². The summed E-state index contributed by atoms with van der Waals surface area (Å²) in [4.78, 5) is 0. The van der Waals surface area contributed by atoms with Crippen LogP contribution in [0, 0.1) is 12.3 Å². The second-order valence-electron chi connectivity index (χ2n) is 20.1. The molecule has 35 nitrogen and oxygen atoms in total. The first-order valence-electron chi connectivity index (χ1n) is 25.5. The molecule has 0 amide bonds. The summed E-state index contributed by atoms with van der Waals surface area (Å²) in [6.07, 6.45) is -63.9. The number of hydrogen-bond acceptors (Lipinski definition) is 35. The van der Waals surface area contributed by atoms with Gasteiger partial charge in [0.2, 0.25) is 0 Å². The van der Waals surface area contributed by atoms with Crippen LogP contribution in [0.15, 0.2) is 0 Å². The van der Waals surface area contributed by atoms with Gasteiger partial charge in [0.1, 0.15) is 178 Å². The molecule has 15 aliphatic heterocycles. The summed E-state index contributed by atoms with van der Waals surface area (Å²) >= 11 is 0. The molecular formula is C45H72O35. The zero-order valence-corrected chi connectivity index (χ0v) is 42.0. The molecule has 80 heavy (non-hydrogen) atoms. The highest BCUT2D eigenvalue weighted by atomic mass is 16.8. The van der Waals surface area contributed by atoms with Gasteiger partial charge in [-0.05, 0) is 0 Å². The standard InChI is InChI=1S/C45H72O35/c1-2-3-66-38-30(65)37-17(10-52)73-45(38)80-36-16(9-51)72-43(29(64)23(36)58)78-34-14(7-49)70-41(27(62)21(34)56)76-32-12(5-47)68-39(25(60)19(32)54)74-31-11(4-46)67-40(24(59)18(31)53)75-33-13(6-48)69-42(26(61)20(33)55)77-35-15(8-50)71-44(79-37)28(63)22(35)57/h1,11-65H,3-10H2/t11-,12-,13-,14-,15-,16-,17-,18-,19-,20-,21-,22-,23-,24-,25-,26-,27-,28-,29-,30-,31-,32-,33-,34-,35-,36-,37-,38-,39-,40-,41-,42-,43-,44-,45-/m1/s1. The summed E-state index contributed by atoms with van der Waals surface area (Å²) in [7, 11) is 0. The highest BCUT2D eigenvalue weighted by Gasteiger charge is 2.60. The molecule has 15 fully saturated rings. The zero-order chi connectivity index (χ0) is 58.2. The fourth-order valence-corrected chi connectivity index (χ4v) is 10.7. The number of rotatable bonds is 9. The fraction of sp³-hybridized carbons (Fsp3) is 0.956. The lowest BCUT2D eigenvalue weighted by Gasteiger charge is -2.50. The van der Waals surface area contributed by atoms with Crippen LogP contribution >= 0.6 is 0 Å². The average Bonchev–Trinajstić information content (AvgIpc) is 3.54. The van der Waals surface area contributed by atoms with Gasteiger partial charge >= 0.3 is 0 Å². The lowest BCUT2D eigenvalue weighted by Crippen LogP contribution is -2.68. The molecule has 0 unspecified atom stereocenters. The molecule has 0 aromatic heterocycles. The number of ether oxygens (including phenoxy) is 15. The van der Waals surface area contributed by atoms with Crippen LogP contribution in [0.1, 0.15) is 0 Å². The predicted octanol–water partition coefficient (Wildman–Crippen LogP) is -14.6. The Hall–Kier alpha value is -1.84. The molecule has 0 aliphatic carbocycles.